The van der Waals surface area contributed by atoms with Crippen molar-refractivity contribution < 1.29 is 26.7 Å². The first-order valence-electron chi connectivity index (χ1n) is 6.72. The molecule has 0 saturated carbocycles. The molecule has 130 valence electrons. The van der Waals surface area contributed by atoms with Crippen LogP contribution in [0.4, 0.5) is 22.0 Å². The third-order valence-corrected chi connectivity index (χ3v) is 3.83. The average Bonchev–Trinajstić information content (AvgIpc) is 2.47. The van der Waals surface area contributed by atoms with Crippen molar-refractivity contribution in [2.24, 2.45) is 0 Å². The van der Waals surface area contributed by atoms with Crippen LogP contribution in [0.3, 0.4) is 0 Å². The first-order valence-corrected chi connectivity index (χ1v) is 6.72. The van der Waals surface area contributed by atoms with Gasteiger partial charge in [0.05, 0.1) is 0 Å². The van der Waals surface area contributed by atoms with Crippen molar-refractivity contribution >= 4 is 18.3 Å². The molecule has 0 aliphatic carbocycles. The highest BCUT2D eigenvalue weighted by molar-refractivity contribution is 5.85. The van der Waals surface area contributed by atoms with Crippen LogP contribution in [-0.4, -0.2) is 36.6 Å². The monoisotopic (exact) mass is 358 g/mol. The minimum absolute atomic E-state index is 0. The number of halogens is 6. The Kier molecular flexibility index (Phi) is 6.35. The van der Waals surface area contributed by atoms with Gasteiger partial charge in [-0.1, -0.05) is 6.07 Å². The molecule has 0 unspecified atom stereocenters. The van der Waals surface area contributed by atoms with Crippen molar-refractivity contribution in [1.29, 1.82) is 0 Å². The molecule has 1 N–H and O–H groups in total. The van der Waals surface area contributed by atoms with E-state index in [9.17, 15) is 26.7 Å². The van der Waals surface area contributed by atoms with Crippen LogP contribution >= 0.6 is 12.4 Å². The molecule has 9 heteroatoms. The summed E-state index contributed by atoms with van der Waals surface area (Å²) in [6.07, 6.45) is -4.36. The molecule has 0 radical (unpaired) electrons. The fraction of sp³-hybridized carbons (Fsp3) is 0.500. The van der Waals surface area contributed by atoms with Crippen LogP contribution in [0.25, 0.3) is 0 Å². The Bertz CT molecular complexity index is 567. The van der Waals surface area contributed by atoms with Crippen LogP contribution in [0.15, 0.2) is 18.2 Å². The van der Waals surface area contributed by atoms with E-state index in [0.717, 1.165) is 19.2 Å². The molecular weight excluding hydrogens is 343 g/mol. The highest BCUT2D eigenvalue weighted by atomic mass is 35.5. The fourth-order valence-electron chi connectivity index (χ4n) is 2.60. The van der Waals surface area contributed by atoms with Crippen LogP contribution in [0.1, 0.15) is 24.4 Å². The molecule has 1 heterocycles. The number of hydrogen-bond donors (Lipinski definition) is 1. The second kappa shape index (κ2) is 7.44. The number of benzene rings is 1. The second-order valence-electron chi connectivity index (χ2n) is 5.27. The maximum Gasteiger partial charge on any atom is 0.471 e. The predicted octanol–water partition coefficient (Wildman–Crippen LogP) is 3.20. The predicted molar refractivity (Wildman–Crippen MR) is 76.2 cm³/mol. The first kappa shape index (κ1) is 19.6. The van der Waals surface area contributed by atoms with E-state index < -0.39 is 35.8 Å². The number of nitrogens with one attached hydrogen (secondary N) is 1. The van der Waals surface area contributed by atoms with Gasteiger partial charge >= 0.3 is 12.1 Å². The third-order valence-electron chi connectivity index (χ3n) is 3.83. The highest BCUT2D eigenvalue weighted by Gasteiger charge is 2.43. The summed E-state index contributed by atoms with van der Waals surface area (Å²) in [6.45, 7) is 0.379. The van der Waals surface area contributed by atoms with Gasteiger partial charge in [0, 0.05) is 19.1 Å². The standard InChI is InChI=1S/C14H15F5N2O.ClH/c1-21(13(22)14(17,18)19)9-4-5-20-12(7-9)8-2-3-10(15)11(16)6-8;/h2-3,6,9,12,20H,4-5,7H2,1H3;1H/t9-,12+;/m1./s1. The largest absolute Gasteiger partial charge is 0.471 e. The molecule has 1 fully saturated rings. The molecule has 0 aromatic heterocycles. The summed E-state index contributed by atoms with van der Waals surface area (Å²) in [5.74, 6) is -3.90. The quantitative estimate of drug-likeness (QED) is 0.823. The Hall–Kier alpha value is -1.41. The maximum absolute atomic E-state index is 13.3. The van der Waals surface area contributed by atoms with Crippen molar-refractivity contribution in [3.05, 3.63) is 35.4 Å². The summed E-state index contributed by atoms with van der Waals surface area (Å²) in [5.41, 5.74) is 0.441. The average molecular weight is 359 g/mol. The van der Waals surface area contributed by atoms with Gasteiger partial charge in [-0.2, -0.15) is 13.2 Å². The summed E-state index contributed by atoms with van der Waals surface area (Å²) >= 11 is 0. The third kappa shape index (κ3) is 4.54. The van der Waals surface area contributed by atoms with E-state index in [-0.39, 0.29) is 18.8 Å². The Labute approximate surface area is 136 Å². The molecule has 1 aliphatic rings. The van der Waals surface area contributed by atoms with Crippen molar-refractivity contribution in [2.45, 2.75) is 31.1 Å². The zero-order valence-electron chi connectivity index (χ0n) is 12.2. The number of hydrogen-bond acceptors (Lipinski definition) is 2. The lowest BCUT2D eigenvalue weighted by molar-refractivity contribution is -0.186. The van der Waals surface area contributed by atoms with Crippen LogP contribution in [-0.2, 0) is 4.79 Å². The Balaban J connectivity index is 0.00000264. The SMILES string of the molecule is CN(C(=O)C(F)(F)F)[C@@H]1CCN[C@H](c2ccc(F)c(F)c2)C1.Cl. The van der Waals surface area contributed by atoms with Gasteiger partial charge in [0.2, 0.25) is 0 Å². The number of piperidine rings is 1. The van der Waals surface area contributed by atoms with Crippen LogP contribution in [0, 0.1) is 11.6 Å². The Morgan fingerprint density at radius 2 is 1.91 bits per heavy atom. The number of rotatable bonds is 2. The molecule has 1 aliphatic heterocycles. The van der Waals surface area contributed by atoms with Crippen LogP contribution in [0.2, 0.25) is 0 Å². The van der Waals surface area contributed by atoms with Gasteiger partial charge in [0.15, 0.2) is 11.6 Å². The zero-order valence-corrected chi connectivity index (χ0v) is 13.0. The summed E-state index contributed by atoms with van der Waals surface area (Å²) in [6, 6.07) is 2.32. The summed E-state index contributed by atoms with van der Waals surface area (Å²) in [4.78, 5) is 12.0. The normalized spacial score (nSPS) is 21.5. The van der Waals surface area contributed by atoms with Crippen molar-refractivity contribution in [3.8, 4) is 0 Å². The van der Waals surface area contributed by atoms with Gasteiger partial charge in [0.1, 0.15) is 0 Å². The molecule has 23 heavy (non-hydrogen) atoms. The van der Waals surface area contributed by atoms with Gasteiger partial charge in [-0.15, -0.1) is 12.4 Å². The molecule has 0 bridgehead atoms. The molecule has 1 aromatic rings. The van der Waals surface area contributed by atoms with Crippen LogP contribution < -0.4 is 5.32 Å². The second-order valence-corrected chi connectivity index (χ2v) is 5.27. The smallest absolute Gasteiger partial charge is 0.335 e. The zero-order chi connectivity index (χ0) is 16.5. The Morgan fingerprint density at radius 1 is 1.26 bits per heavy atom. The number of nitrogens with zero attached hydrogens (tertiary/aromatic N) is 1. The molecule has 1 amide bonds. The van der Waals surface area contributed by atoms with Gasteiger partial charge in [0.25, 0.3) is 0 Å². The minimum atomic E-state index is -4.92. The number of amides is 1. The van der Waals surface area contributed by atoms with Crippen molar-refractivity contribution in [3.63, 3.8) is 0 Å². The molecule has 1 aromatic carbocycles. The lowest BCUT2D eigenvalue weighted by atomic mass is 9.93. The molecule has 0 spiro atoms. The summed E-state index contributed by atoms with van der Waals surface area (Å²) < 4.78 is 63.6. The fourth-order valence-corrected chi connectivity index (χ4v) is 2.60. The molecule has 3 nitrogen and oxygen atoms in total. The number of carbonyl (C=O) groups is 1. The van der Waals surface area contributed by atoms with Gasteiger partial charge in [-0.05, 0) is 37.1 Å². The molecule has 2 atom stereocenters. The van der Waals surface area contributed by atoms with E-state index >= 15 is 0 Å². The van der Waals surface area contributed by atoms with Gasteiger partial charge < -0.3 is 10.2 Å². The van der Waals surface area contributed by atoms with E-state index in [1.807, 2.05) is 0 Å². The van der Waals surface area contributed by atoms with Crippen molar-refractivity contribution in [1.82, 2.24) is 10.2 Å². The molecular formula is C14H16ClF5N2O. The van der Waals surface area contributed by atoms with E-state index in [1.54, 1.807) is 0 Å². The van der Waals surface area contributed by atoms with E-state index in [4.69, 9.17) is 0 Å². The topological polar surface area (TPSA) is 32.3 Å². The minimum Gasteiger partial charge on any atom is -0.335 e. The lowest BCUT2D eigenvalue weighted by Gasteiger charge is -2.36. The van der Waals surface area contributed by atoms with Crippen LogP contribution in [0.5, 0.6) is 0 Å². The first-order chi connectivity index (χ1) is 10.2. The summed E-state index contributed by atoms with van der Waals surface area (Å²) in [5, 5.41) is 3.04. The van der Waals surface area contributed by atoms with E-state index in [0.29, 0.717) is 23.4 Å². The lowest BCUT2D eigenvalue weighted by Crippen LogP contribution is -2.49. The summed E-state index contributed by atoms with van der Waals surface area (Å²) in [7, 11) is 1.11. The number of carbonyl (C=O) groups excluding carboxylic acids is 1. The number of alkyl halides is 3. The van der Waals surface area contributed by atoms with Gasteiger partial charge in [-0.25, -0.2) is 8.78 Å². The van der Waals surface area contributed by atoms with Gasteiger partial charge in [-0.3, -0.25) is 4.79 Å². The molecule has 2 rings (SSSR count). The Morgan fingerprint density at radius 3 is 2.48 bits per heavy atom. The van der Waals surface area contributed by atoms with Crippen molar-refractivity contribution in [2.75, 3.05) is 13.6 Å². The highest BCUT2D eigenvalue weighted by Crippen LogP contribution is 2.29. The molecule has 1 saturated heterocycles. The maximum atomic E-state index is 13.3. The van der Waals surface area contributed by atoms with E-state index in [2.05, 4.69) is 5.32 Å². The van der Waals surface area contributed by atoms with E-state index in [1.165, 1.54) is 6.07 Å².